The molecule has 2 aromatic heterocycles. The molecule has 222 valence electrons. The third-order valence-electron chi connectivity index (χ3n) is 7.38. The third kappa shape index (κ3) is 8.09. The highest BCUT2D eigenvalue weighted by Crippen LogP contribution is 2.23. The summed E-state index contributed by atoms with van der Waals surface area (Å²) in [4.78, 5) is 37.6. The van der Waals surface area contributed by atoms with E-state index < -0.39 is 5.91 Å². The van der Waals surface area contributed by atoms with Gasteiger partial charge in [0.2, 0.25) is 0 Å². The molecule has 4 aromatic rings. The standard InChI is InChI=1S/C33H34ClN5O4/c34-26-12-13-30(37-27-5-2-4-16-43-22-27)28(17-26)29(35)18-36-33(42)25-11-14-32(41)39(21-25)20-24-9-7-23(8-10-24)19-38-15-3-1-6-31(38)40/h1,3,6-15,17,21,27,35,37H,2,4-5,16,18-20,22H2,(H,36,42). The summed E-state index contributed by atoms with van der Waals surface area (Å²) >= 11 is 6.26. The second-order valence-corrected chi connectivity index (χ2v) is 11.1. The number of amides is 1. The fourth-order valence-corrected chi connectivity index (χ4v) is 5.19. The molecule has 0 spiro atoms. The number of nitrogens with zero attached hydrogens (tertiary/aromatic N) is 2. The second-order valence-electron chi connectivity index (χ2n) is 10.6. The van der Waals surface area contributed by atoms with E-state index in [-0.39, 0.29) is 36.0 Å². The lowest BCUT2D eigenvalue weighted by Crippen LogP contribution is -2.32. The Labute approximate surface area is 254 Å². The van der Waals surface area contributed by atoms with Crippen LogP contribution in [0.4, 0.5) is 5.69 Å². The third-order valence-corrected chi connectivity index (χ3v) is 7.61. The zero-order valence-electron chi connectivity index (χ0n) is 23.7. The molecule has 0 aliphatic carbocycles. The molecule has 0 bridgehead atoms. The highest BCUT2D eigenvalue weighted by atomic mass is 35.5. The number of hydrogen-bond donors (Lipinski definition) is 3. The van der Waals surface area contributed by atoms with Gasteiger partial charge in [0.05, 0.1) is 37.5 Å². The van der Waals surface area contributed by atoms with Gasteiger partial charge in [0.1, 0.15) is 0 Å². The number of hydrogen-bond acceptors (Lipinski definition) is 6. The number of ether oxygens (including phenoxy) is 1. The number of carbonyl (C=O) groups is 1. The van der Waals surface area contributed by atoms with Gasteiger partial charge in [0.25, 0.3) is 17.0 Å². The molecule has 1 fully saturated rings. The predicted octanol–water partition coefficient (Wildman–Crippen LogP) is 4.54. The van der Waals surface area contributed by atoms with Crippen molar-refractivity contribution in [2.24, 2.45) is 0 Å². The highest BCUT2D eigenvalue weighted by molar-refractivity contribution is 6.31. The van der Waals surface area contributed by atoms with Crippen LogP contribution in [0.15, 0.2) is 94.8 Å². The topological polar surface area (TPSA) is 118 Å². The minimum absolute atomic E-state index is 0.0138. The quantitative estimate of drug-likeness (QED) is 0.231. The van der Waals surface area contributed by atoms with Crippen LogP contribution in [-0.2, 0) is 17.8 Å². The molecular weight excluding hydrogens is 566 g/mol. The lowest BCUT2D eigenvalue weighted by atomic mass is 10.1. The van der Waals surface area contributed by atoms with Crippen molar-refractivity contribution in [1.82, 2.24) is 14.5 Å². The van der Waals surface area contributed by atoms with Crippen LogP contribution < -0.4 is 21.8 Å². The van der Waals surface area contributed by atoms with Crippen LogP contribution in [0.2, 0.25) is 5.02 Å². The van der Waals surface area contributed by atoms with Gasteiger partial charge in [0.15, 0.2) is 0 Å². The molecule has 1 aliphatic rings. The molecule has 1 amide bonds. The summed E-state index contributed by atoms with van der Waals surface area (Å²) in [6.45, 7) is 2.07. The van der Waals surface area contributed by atoms with Crippen molar-refractivity contribution in [3.63, 3.8) is 0 Å². The number of pyridine rings is 2. The normalized spacial score (nSPS) is 15.0. The Morgan fingerprint density at radius 1 is 0.930 bits per heavy atom. The highest BCUT2D eigenvalue weighted by Gasteiger charge is 2.17. The number of nitrogens with one attached hydrogen (secondary N) is 3. The summed E-state index contributed by atoms with van der Waals surface area (Å²) in [5.74, 6) is -0.393. The van der Waals surface area contributed by atoms with Crippen LogP contribution in [0.3, 0.4) is 0 Å². The summed E-state index contributed by atoms with van der Waals surface area (Å²) < 4.78 is 8.78. The van der Waals surface area contributed by atoms with Crippen LogP contribution in [0.1, 0.15) is 46.3 Å². The molecule has 3 heterocycles. The fraction of sp³-hybridized carbons (Fsp3) is 0.273. The van der Waals surface area contributed by atoms with E-state index in [1.54, 1.807) is 29.0 Å². The van der Waals surface area contributed by atoms with Gasteiger partial charge in [-0.1, -0.05) is 41.9 Å². The van der Waals surface area contributed by atoms with E-state index >= 15 is 0 Å². The summed E-state index contributed by atoms with van der Waals surface area (Å²) in [6.07, 6.45) is 6.34. The molecular formula is C33H34ClN5O4. The van der Waals surface area contributed by atoms with E-state index in [9.17, 15) is 14.4 Å². The van der Waals surface area contributed by atoms with Crippen molar-refractivity contribution in [2.75, 3.05) is 25.1 Å². The fourth-order valence-electron chi connectivity index (χ4n) is 5.02. The Kier molecular flexibility index (Phi) is 9.86. The molecule has 0 saturated carbocycles. The molecule has 1 atom stereocenters. The van der Waals surface area contributed by atoms with Gasteiger partial charge in [-0.25, -0.2) is 0 Å². The first-order valence-electron chi connectivity index (χ1n) is 14.3. The molecule has 9 nitrogen and oxygen atoms in total. The zero-order chi connectivity index (χ0) is 30.2. The second kappa shape index (κ2) is 14.1. The summed E-state index contributed by atoms with van der Waals surface area (Å²) in [7, 11) is 0. The van der Waals surface area contributed by atoms with E-state index in [4.69, 9.17) is 21.7 Å². The van der Waals surface area contributed by atoms with Gasteiger partial charge in [-0.15, -0.1) is 0 Å². The van der Waals surface area contributed by atoms with Gasteiger partial charge >= 0.3 is 0 Å². The molecule has 1 aliphatic heterocycles. The Hall–Kier alpha value is -4.47. The van der Waals surface area contributed by atoms with Crippen molar-refractivity contribution in [2.45, 2.75) is 38.4 Å². The van der Waals surface area contributed by atoms with Crippen LogP contribution in [0.5, 0.6) is 0 Å². The molecule has 1 unspecified atom stereocenters. The van der Waals surface area contributed by atoms with Crippen LogP contribution in [-0.4, -0.2) is 46.6 Å². The number of aromatic nitrogens is 2. The minimum atomic E-state index is -0.393. The van der Waals surface area contributed by atoms with E-state index in [2.05, 4.69) is 10.6 Å². The maximum Gasteiger partial charge on any atom is 0.253 e. The molecule has 2 aromatic carbocycles. The van der Waals surface area contributed by atoms with Gasteiger partial charge in [-0.3, -0.25) is 14.4 Å². The Morgan fingerprint density at radius 2 is 1.67 bits per heavy atom. The first-order chi connectivity index (χ1) is 20.9. The Balaban J connectivity index is 1.22. The number of benzene rings is 2. The molecule has 0 radical (unpaired) electrons. The molecule has 3 N–H and O–H groups in total. The van der Waals surface area contributed by atoms with Crippen LogP contribution in [0, 0.1) is 5.41 Å². The van der Waals surface area contributed by atoms with Gasteiger partial charge in [0, 0.05) is 53.4 Å². The lowest BCUT2D eigenvalue weighted by Gasteiger charge is -2.20. The number of carbonyl (C=O) groups excluding carboxylic acids is 1. The average Bonchev–Trinajstić information content (AvgIpc) is 3.28. The first-order valence-corrected chi connectivity index (χ1v) is 14.7. The van der Waals surface area contributed by atoms with Gasteiger partial charge in [-0.2, -0.15) is 0 Å². The lowest BCUT2D eigenvalue weighted by molar-refractivity contribution is 0.0958. The van der Waals surface area contributed by atoms with Crippen molar-refractivity contribution in [3.8, 4) is 0 Å². The van der Waals surface area contributed by atoms with E-state index in [0.717, 1.165) is 42.7 Å². The smallest absolute Gasteiger partial charge is 0.253 e. The summed E-state index contributed by atoms with van der Waals surface area (Å²) in [6, 6.07) is 21.0. The maximum absolute atomic E-state index is 13.0. The van der Waals surface area contributed by atoms with Gasteiger partial charge in [-0.05, 0) is 60.7 Å². The zero-order valence-corrected chi connectivity index (χ0v) is 24.5. The monoisotopic (exact) mass is 599 g/mol. The van der Waals surface area contributed by atoms with E-state index in [1.807, 2.05) is 36.4 Å². The maximum atomic E-state index is 13.0. The van der Waals surface area contributed by atoms with Crippen LogP contribution >= 0.6 is 11.6 Å². The molecule has 43 heavy (non-hydrogen) atoms. The minimum Gasteiger partial charge on any atom is -0.379 e. The van der Waals surface area contributed by atoms with Crippen LogP contribution in [0.25, 0.3) is 0 Å². The van der Waals surface area contributed by atoms with E-state index in [0.29, 0.717) is 29.3 Å². The molecule has 1 saturated heterocycles. The number of anilines is 1. The SMILES string of the molecule is N=C(CNC(=O)c1ccc(=O)n(Cc2ccc(Cn3ccccc3=O)cc2)c1)c1cc(Cl)ccc1NC1CCCCOC1. The predicted molar refractivity (Wildman–Crippen MR) is 169 cm³/mol. The van der Waals surface area contributed by atoms with Crippen molar-refractivity contribution >= 4 is 28.9 Å². The van der Waals surface area contributed by atoms with Crippen molar-refractivity contribution in [1.29, 1.82) is 5.41 Å². The number of rotatable bonds is 10. The van der Waals surface area contributed by atoms with Crippen molar-refractivity contribution in [3.05, 3.63) is 133 Å². The van der Waals surface area contributed by atoms with Crippen molar-refractivity contribution < 1.29 is 9.53 Å². The molecule has 10 heteroatoms. The molecule has 5 rings (SSSR count). The first kappa shape index (κ1) is 30.0. The summed E-state index contributed by atoms with van der Waals surface area (Å²) in [5.41, 5.74) is 3.44. The van der Waals surface area contributed by atoms with Gasteiger partial charge < -0.3 is 29.9 Å². The Morgan fingerprint density at radius 3 is 2.44 bits per heavy atom. The summed E-state index contributed by atoms with van der Waals surface area (Å²) in [5, 5.41) is 15.5. The number of halogens is 1. The van der Waals surface area contributed by atoms with E-state index in [1.165, 1.54) is 29.0 Å². The Bertz CT molecular complexity index is 1710. The largest absolute Gasteiger partial charge is 0.379 e. The average molecular weight is 600 g/mol.